The Morgan fingerprint density at radius 2 is 2.25 bits per heavy atom. The molecule has 1 saturated carbocycles. The number of carbonyl (C=O) groups excluding carboxylic acids is 1. The quantitative estimate of drug-likeness (QED) is 0.774. The third-order valence-corrected chi connectivity index (χ3v) is 2.86. The van der Waals surface area contributed by atoms with Gasteiger partial charge in [0.2, 0.25) is 0 Å². The van der Waals surface area contributed by atoms with Gasteiger partial charge in [-0.2, -0.15) is 0 Å². The van der Waals surface area contributed by atoms with Crippen molar-refractivity contribution in [2.45, 2.75) is 32.2 Å². The summed E-state index contributed by atoms with van der Waals surface area (Å²) in [5.74, 6) is -0.325. The van der Waals surface area contributed by atoms with Crippen LogP contribution in [-0.4, -0.2) is 18.4 Å². The lowest BCUT2D eigenvalue weighted by Crippen LogP contribution is -2.20. The summed E-state index contributed by atoms with van der Waals surface area (Å²) in [6.45, 7) is 2.53. The van der Waals surface area contributed by atoms with Crippen molar-refractivity contribution in [3.63, 3.8) is 0 Å². The molecule has 0 saturated heterocycles. The van der Waals surface area contributed by atoms with Crippen molar-refractivity contribution in [1.29, 1.82) is 0 Å². The number of aryl methyl sites for hydroxylation is 1. The molecule has 1 N–H and O–H groups in total. The average Bonchev–Trinajstić information content (AvgIpc) is 3.05. The van der Waals surface area contributed by atoms with Gasteiger partial charge in [-0.3, -0.25) is 4.79 Å². The number of halogens is 1. The Hall–Kier alpha value is -1.22. The van der Waals surface area contributed by atoms with Crippen LogP contribution in [-0.2, 0) is 0 Å². The fourth-order valence-corrected chi connectivity index (χ4v) is 1.71. The highest BCUT2D eigenvalue weighted by atomic mass is 19.1. The van der Waals surface area contributed by atoms with Crippen LogP contribution in [0, 0.1) is 12.7 Å². The van der Waals surface area contributed by atoms with Crippen molar-refractivity contribution in [2.24, 2.45) is 0 Å². The number of nitrogens with one attached hydrogen (secondary N) is 1. The first-order valence-corrected chi connectivity index (χ1v) is 5.69. The highest BCUT2D eigenvalue weighted by Crippen LogP contribution is 2.18. The summed E-state index contributed by atoms with van der Waals surface area (Å²) in [4.78, 5) is 11.8. The molecule has 0 radical (unpaired) electrons. The standard InChI is InChI=1S/C13H16FNO/c1-9-2-3-10(14)8-12(9)13(16)6-7-15-11-4-5-11/h2-3,8,11,15H,4-7H2,1H3. The molecule has 1 fully saturated rings. The molecule has 3 heteroatoms. The molecule has 0 aromatic heterocycles. The van der Waals surface area contributed by atoms with Crippen molar-refractivity contribution in [2.75, 3.05) is 6.54 Å². The maximum atomic E-state index is 13.0. The van der Waals surface area contributed by atoms with Crippen LogP contribution >= 0.6 is 0 Å². The first kappa shape index (κ1) is 11.3. The SMILES string of the molecule is Cc1ccc(F)cc1C(=O)CCNC1CC1. The third-order valence-electron chi connectivity index (χ3n) is 2.86. The van der Waals surface area contributed by atoms with Gasteiger partial charge < -0.3 is 5.32 Å². The molecule has 0 unspecified atom stereocenters. The lowest BCUT2D eigenvalue weighted by Gasteiger charge is -2.05. The van der Waals surface area contributed by atoms with E-state index in [1.54, 1.807) is 6.07 Å². The van der Waals surface area contributed by atoms with E-state index >= 15 is 0 Å². The van der Waals surface area contributed by atoms with Crippen molar-refractivity contribution >= 4 is 5.78 Å². The molecule has 1 aromatic carbocycles. The van der Waals surface area contributed by atoms with E-state index in [1.165, 1.54) is 25.0 Å². The van der Waals surface area contributed by atoms with E-state index in [2.05, 4.69) is 5.32 Å². The number of carbonyl (C=O) groups is 1. The fourth-order valence-electron chi connectivity index (χ4n) is 1.71. The number of hydrogen-bond donors (Lipinski definition) is 1. The van der Waals surface area contributed by atoms with E-state index in [4.69, 9.17) is 0 Å². The Balaban J connectivity index is 1.93. The molecule has 2 nitrogen and oxygen atoms in total. The van der Waals surface area contributed by atoms with Crippen LogP contribution in [0.5, 0.6) is 0 Å². The Morgan fingerprint density at radius 3 is 2.94 bits per heavy atom. The highest BCUT2D eigenvalue weighted by Gasteiger charge is 2.20. The first-order valence-electron chi connectivity index (χ1n) is 5.69. The largest absolute Gasteiger partial charge is 0.314 e. The predicted octanol–water partition coefficient (Wildman–Crippen LogP) is 2.46. The van der Waals surface area contributed by atoms with Crippen LogP contribution in [0.25, 0.3) is 0 Å². The maximum absolute atomic E-state index is 13.0. The van der Waals surface area contributed by atoms with Crippen LogP contribution in [0.15, 0.2) is 18.2 Å². The summed E-state index contributed by atoms with van der Waals surface area (Å²) < 4.78 is 13.0. The van der Waals surface area contributed by atoms with Crippen molar-refractivity contribution in [3.8, 4) is 0 Å². The Bertz CT molecular complexity index is 399. The molecule has 0 heterocycles. The molecule has 0 atom stereocenters. The Kier molecular flexibility index (Phi) is 3.34. The molecular weight excluding hydrogens is 205 g/mol. The third kappa shape index (κ3) is 2.89. The van der Waals surface area contributed by atoms with E-state index < -0.39 is 0 Å². The lowest BCUT2D eigenvalue weighted by molar-refractivity contribution is 0.0981. The summed E-state index contributed by atoms with van der Waals surface area (Å²) in [6.07, 6.45) is 2.88. The number of benzene rings is 1. The Morgan fingerprint density at radius 1 is 1.50 bits per heavy atom. The van der Waals surface area contributed by atoms with Crippen molar-refractivity contribution in [3.05, 3.63) is 35.1 Å². The molecule has 86 valence electrons. The van der Waals surface area contributed by atoms with Gasteiger partial charge in [-0.05, 0) is 37.5 Å². The molecule has 0 amide bonds. The van der Waals surface area contributed by atoms with Crippen molar-refractivity contribution in [1.82, 2.24) is 5.32 Å². The van der Waals surface area contributed by atoms with Gasteiger partial charge in [0.05, 0.1) is 0 Å². The smallest absolute Gasteiger partial charge is 0.164 e. The van der Waals surface area contributed by atoms with E-state index in [-0.39, 0.29) is 11.6 Å². The van der Waals surface area contributed by atoms with E-state index in [0.717, 1.165) is 5.56 Å². The zero-order chi connectivity index (χ0) is 11.5. The summed E-state index contributed by atoms with van der Waals surface area (Å²) >= 11 is 0. The maximum Gasteiger partial charge on any atom is 0.164 e. The number of hydrogen-bond acceptors (Lipinski definition) is 2. The monoisotopic (exact) mass is 221 g/mol. The van der Waals surface area contributed by atoms with Gasteiger partial charge in [0, 0.05) is 24.6 Å². The van der Waals surface area contributed by atoms with Gasteiger partial charge in [-0.1, -0.05) is 6.07 Å². The summed E-state index contributed by atoms with van der Waals surface area (Å²) in [5, 5.41) is 3.28. The summed E-state index contributed by atoms with van der Waals surface area (Å²) in [6, 6.07) is 4.97. The average molecular weight is 221 g/mol. The van der Waals surface area contributed by atoms with Gasteiger partial charge in [0.15, 0.2) is 5.78 Å². The van der Waals surface area contributed by atoms with E-state index in [0.29, 0.717) is 24.6 Å². The molecule has 0 bridgehead atoms. The van der Waals surface area contributed by atoms with Gasteiger partial charge in [-0.15, -0.1) is 0 Å². The van der Waals surface area contributed by atoms with Gasteiger partial charge in [0.25, 0.3) is 0 Å². The lowest BCUT2D eigenvalue weighted by atomic mass is 10.0. The van der Waals surface area contributed by atoms with Crippen molar-refractivity contribution < 1.29 is 9.18 Å². The summed E-state index contributed by atoms with van der Waals surface area (Å²) in [7, 11) is 0. The van der Waals surface area contributed by atoms with Gasteiger partial charge in [0.1, 0.15) is 5.82 Å². The van der Waals surface area contributed by atoms with Crippen LogP contribution in [0.1, 0.15) is 35.2 Å². The first-order chi connectivity index (χ1) is 7.66. The number of ketones is 1. The molecule has 2 rings (SSSR count). The van der Waals surface area contributed by atoms with E-state index in [1.807, 2.05) is 6.92 Å². The van der Waals surface area contributed by atoms with Gasteiger partial charge in [-0.25, -0.2) is 4.39 Å². The topological polar surface area (TPSA) is 29.1 Å². The van der Waals surface area contributed by atoms with Crippen LogP contribution in [0.4, 0.5) is 4.39 Å². The minimum Gasteiger partial charge on any atom is -0.314 e. The van der Waals surface area contributed by atoms with Crippen LogP contribution in [0.3, 0.4) is 0 Å². The minimum atomic E-state index is -0.343. The second-order valence-corrected chi connectivity index (χ2v) is 4.36. The molecule has 1 aliphatic rings. The zero-order valence-corrected chi connectivity index (χ0v) is 9.42. The normalized spacial score (nSPS) is 15.1. The molecule has 1 aromatic rings. The van der Waals surface area contributed by atoms with Crippen LogP contribution in [0.2, 0.25) is 0 Å². The molecule has 0 aliphatic heterocycles. The second kappa shape index (κ2) is 4.74. The molecular formula is C13H16FNO. The van der Waals surface area contributed by atoms with E-state index in [9.17, 15) is 9.18 Å². The Labute approximate surface area is 94.9 Å². The number of Topliss-reactive ketones (excluding diaryl/α,β-unsaturated/α-hetero) is 1. The number of rotatable bonds is 5. The second-order valence-electron chi connectivity index (χ2n) is 4.36. The molecule has 1 aliphatic carbocycles. The summed E-state index contributed by atoms with van der Waals surface area (Å²) in [5.41, 5.74) is 1.36. The fraction of sp³-hybridized carbons (Fsp3) is 0.462. The highest BCUT2D eigenvalue weighted by molar-refractivity contribution is 5.97. The molecule has 16 heavy (non-hydrogen) atoms. The molecule has 0 spiro atoms. The minimum absolute atomic E-state index is 0.0187. The predicted molar refractivity (Wildman–Crippen MR) is 61.1 cm³/mol. The van der Waals surface area contributed by atoms with Gasteiger partial charge >= 0.3 is 0 Å². The van der Waals surface area contributed by atoms with Crippen LogP contribution < -0.4 is 5.32 Å². The zero-order valence-electron chi connectivity index (χ0n) is 9.42.